The molecule has 0 aliphatic carbocycles. The van der Waals surface area contributed by atoms with Crippen LogP contribution in [-0.2, 0) is 4.79 Å². The minimum Gasteiger partial charge on any atom is -0.366 e. The number of H-pyrrole nitrogens is 1. The molecule has 14 heavy (non-hydrogen) atoms. The molecule has 1 amide bonds. The molecular formula is C10H9N3O. The number of amides is 1. The summed E-state index contributed by atoms with van der Waals surface area (Å²) >= 11 is 0. The van der Waals surface area contributed by atoms with E-state index in [-0.39, 0.29) is 0 Å². The fraction of sp³-hybridized carbons (Fsp3) is 0. The topological polar surface area (TPSA) is 71.8 Å². The van der Waals surface area contributed by atoms with Gasteiger partial charge in [-0.05, 0) is 17.7 Å². The number of rotatable bonds is 2. The van der Waals surface area contributed by atoms with Gasteiger partial charge in [0.15, 0.2) is 0 Å². The van der Waals surface area contributed by atoms with Crippen LogP contribution in [0.1, 0.15) is 5.56 Å². The molecule has 0 spiro atoms. The van der Waals surface area contributed by atoms with Gasteiger partial charge in [0.2, 0.25) is 5.91 Å². The highest BCUT2D eigenvalue weighted by atomic mass is 16.1. The number of benzene rings is 1. The van der Waals surface area contributed by atoms with Crippen LogP contribution in [0.5, 0.6) is 0 Å². The number of hydrogen-bond acceptors (Lipinski definition) is 2. The van der Waals surface area contributed by atoms with E-state index in [1.807, 2.05) is 18.2 Å². The van der Waals surface area contributed by atoms with E-state index in [1.54, 1.807) is 12.3 Å². The summed E-state index contributed by atoms with van der Waals surface area (Å²) in [6, 6.07) is 5.73. The van der Waals surface area contributed by atoms with E-state index in [0.717, 1.165) is 16.5 Å². The molecule has 1 aromatic carbocycles. The lowest BCUT2D eigenvalue weighted by atomic mass is 10.1. The van der Waals surface area contributed by atoms with Gasteiger partial charge in [-0.1, -0.05) is 12.1 Å². The van der Waals surface area contributed by atoms with Crippen LogP contribution in [0.25, 0.3) is 17.0 Å². The molecule has 0 aliphatic rings. The molecule has 0 unspecified atom stereocenters. The first-order valence-corrected chi connectivity index (χ1v) is 4.16. The predicted octanol–water partition coefficient (Wildman–Crippen LogP) is 1.06. The monoisotopic (exact) mass is 187 g/mol. The summed E-state index contributed by atoms with van der Waals surface area (Å²) in [5.41, 5.74) is 6.85. The highest BCUT2D eigenvalue weighted by molar-refractivity contribution is 5.91. The Morgan fingerprint density at radius 3 is 3.14 bits per heavy atom. The SMILES string of the molecule is NC(=O)/C=C/c1ccc2cn[nH]c2c1. The Bertz CT molecular complexity index is 499. The molecule has 0 bridgehead atoms. The fourth-order valence-electron chi connectivity index (χ4n) is 1.24. The van der Waals surface area contributed by atoms with Crippen molar-refractivity contribution >= 4 is 22.9 Å². The first kappa shape index (κ1) is 8.50. The van der Waals surface area contributed by atoms with Gasteiger partial charge in [-0.2, -0.15) is 5.10 Å². The van der Waals surface area contributed by atoms with E-state index in [4.69, 9.17) is 5.73 Å². The van der Waals surface area contributed by atoms with Crippen LogP contribution in [0.15, 0.2) is 30.5 Å². The molecule has 0 saturated heterocycles. The van der Waals surface area contributed by atoms with Crippen LogP contribution in [-0.4, -0.2) is 16.1 Å². The minimum absolute atomic E-state index is 0.449. The summed E-state index contributed by atoms with van der Waals surface area (Å²) in [4.78, 5) is 10.5. The minimum atomic E-state index is -0.449. The third-order valence-electron chi connectivity index (χ3n) is 1.91. The molecule has 0 saturated carbocycles. The molecule has 2 rings (SSSR count). The second-order valence-electron chi connectivity index (χ2n) is 2.95. The van der Waals surface area contributed by atoms with Crippen molar-refractivity contribution in [1.29, 1.82) is 0 Å². The lowest BCUT2D eigenvalue weighted by Gasteiger charge is -1.92. The first-order valence-electron chi connectivity index (χ1n) is 4.16. The highest BCUT2D eigenvalue weighted by Gasteiger charge is 1.95. The molecule has 70 valence electrons. The quantitative estimate of drug-likeness (QED) is 0.690. The van der Waals surface area contributed by atoms with Crippen molar-refractivity contribution in [2.75, 3.05) is 0 Å². The molecule has 4 heteroatoms. The average molecular weight is 187 g/mol. The van der Waals surface area contributed by atoms with Gasteiger partial charge in [-0.3, -0.25) is 9.89 Å². The van der Waals surface area contributed by atoms with Gasteiger partial charge in [-0.25, -0.2) is 0 Å². The summed E-state index contributed by atoms with van der Waals surface area (Å²) in [6.07, 6.45) is 4.75. The molecule has 0 radical (unpaired) electrons. The lowest BCUT2D eigenvalue weighted by Crippen LogP contribution is -2.04. The first-order chi connectivity index (χ1) is 6.75. The van der Waals surface area contributed by atoms with Gasteiger partial charge >= 0.3 is 0 Å². The lowest BCUT2D eigenvalue weighted by molar-refractivity contribution is -0.113. The molecule has 0 aliphatic heterocycles. The Morgan fingerprint density at radius 1 is 1.50 bits per heavy atom. The van der Waals surface area contributed by atoms with Crippen molar-refractivity contribution < 1.29 is 4.79 Å². The predicted molar refractivity (Wildman–Crippen MR) is 54.3 cm³/mol. The molecule has 4 nitrogen and oxygen atoms in total. The van der Waals surface area contributed by atoms with E-state index in [0.29, 0.717) is 0 Å². The number of aromatic nitrogens is 2. The van der Waals surface area contributed by atoms with Gasteiger partial charge in [0.05, 0.1) is 11.7 Å². The van der Waals surface area contributed by atoms with Crippen LogP contribution in [0.2, 0.25) is 0 Å². The Morgan fingerprint density at radius 2 is 2.36 bits per heavy atom. The summed E-state index contributed by atoms with van der Waals surface area (Å²) < 4.78 is 0. The van der Waals surface area contributed by atoms with Gasteiger partial charge in [0, 0.05) is 11.5 Å². The number of carbonyl (C=O) groups excluding carboxylic acids is 1. The van der Waals surface area contributed by atoms with Crippen LogP contribution in [0.3, 0.4) is 0 Å². The number of nitrogens with two attached hydrogens (primary N) is 1. The Labute approximate surface area is 80.4 Å². The zero-order valence-corrected chi connectivity index (χ0v) is 7.40. The number of aromatic amines is 1. The van der Waals surface area contributed by atoms with Crippen LogP contribution < -0.4 is 5.73 Å². The number of hydrogen-bond donors (Lipinski definition) is 2. The van der Waals surface area contributed by atoms with Crippen LogP contribution in [0.4, 0.5) is 0 Å². The maximum atomic E-state index is 10.5. The highest BCUT2D eigenvalue weighted by Crippen LogP contribution is 2.13. The van der Waals surface area contributed by atoms with Gasteiger partial charge in [0.25, 0.3) is 0 Å². The van der Waals surface area contributed by atoms with E-state index in [1.165, 1.54) is 6.08 Å². The van der Waals surface area contributed by atoms with Gasteiger partial charge < -0.3 is 5.73 Å². The largest absolute Gasteiger partial charge is 0.366 e. The van der Waals surface area contributed by atoms with Crippen molar-refractivity contribution in [1.82, 2.24) is 10.2 Å². The molecule has 3 N–H and O–H groups in total. The second-order valence-corrected chi connectivity index (χ2v) is 2.95. The summed E-state index contributed by atoms with van der Waals surface area (Å²) in [5, 5.41) is 7.79. The molecule has 0 atom stereocenters. The van der Waals surface area contributed by atoms with E-state index >= 15 is 0 Å². The summed E-state index contributed by atoms with van der Waals surface area (Å²) in [6.45, 7) is 0. The Balaban J connectivity index is 2.39. The molecule has 1 heterocycles. The molecule has 1 aromatic heterocycles. The maximum Gasteiger partial charge on any atom is 0.241 e. The zero-order valence-electron chi connectivity index (χ0n) is 7.40. The molecular weight excluding hydrogens is 178 g/mol. The zero-order chi connectivity index (χ0) is 9.97. The van der Waals surface area contributed by atoms with Gasteiger partial charge in [0.1, 0.15) is 0 Å². The maximum absolute atomic E-state index is 10.5. The summed E-state index contributed by atoms with van der Waals surface area (Å²) in [5.74, 6) is -0.449. The normalized spacial score (nSPS) is 11.1. The third kappa shape index (κ3) is 1.64. The standard InChI is InChI=1S/C10H9N3O/c11-10(14)4-2-7-1-3-8-6-12-13-9(8)5-7/h1-6H,(H2,11,14)(H,12,13)/b4-2+. The Hall–Kier alpha value is -2.10. The number of nitrogens with zero attached hydrogens (tertiary/aromatic N) is 1. The van der Waals surface area contributed by atoms with Gasteiger partial charge in [-0.15, -0.1) is 0 Å². The van der Waals surface area contributed by atoms with Crippen molar-refractivity contribution in [2.24, 2.45) is 5.73 Å². The van der Waals surface area contributed by atoms with E-state index in [2.05, 4.69) is 10.2 Å². The number of fused-ring (bicyclic) bond motifs is 1. The van der Waals surface area contributed by atoms with Crippen LogP contribution >= 0.6 is 0 Å². The van der Waals surface area contributed by atoms with E-state index in [9.17, 15) is 4.79 Å². The number of primary amides is 1. The average Bonchev–Trinajstić information content (AvgIpc) is 2.61. The van der Waals surface area contributed by atoms with E-state index < -0.39 is 5.91 Å². The van der Waals surface area contributed by atoms with Crippen molar-refractivity contribution in [3.63, 3.8) is 0 Å². The fourth-order valence-corrected chi connectivity index (χ4v) is 1.24. The molecule has 2 aromatic rings. The number of carbonyl (C=O) groups is 1. The van der Waals surface area contributed by atoms with Crippen molar-refractivity contribution in [3.8, 4) is 0 Å². The van der Waals surface area contributed by atoms with Crippen molar-refractivity contribution in [2.45, 2.75) is 0 Å². The summed E-state index contributed by atoms with van der Waals surface area (Å²) in [7, 11) is 0. The molecule has 0 fully saturated rings. The third-order valence-corrected chi connectivity index (χ3v) is 1.91. The number of nitrogens with one attached hydrogen (secondary N) is 1. The van der Waals surface area contributed by atoms with Crippen LogP contribution in [0, 0.1) is 0 Å². The smallest absolute Gasteiger partial charge is 0.241 e. The second kappa shape index (κ2) is 3.33. The van der Waals surface area contributed by atoms with Crippen molar-refractivity contribution in [3.05, 3.63) is 36.0 Å². The Kier molecular flexibility index (Phi) is 2.02.